The van der Waals surface area contributed by atoms with Crippen LogP contribution >= 0.6 is 0 Å². The lowest BCUT2D eigenvalue weighted by Gasteiger charge is -2.51. The lowest BCUT2D eigenvalue weighted by molar-refractivity contribution is -0.362. The topological polar surface area (TPSA) is 99.7 Å². The highest BCUT2D eigenvalue weighted by Crippen LogP contribution is 2.33. The molecule has 0 bridgehead atoms. The first-order valence-corrected chi connectivity index (χ1v) is 13.2. The van der Waals surface area contributed by atoms with Crippen molar-refractivity contribution in [3.63, 3.8) is 0 Å². The maximum Gasteiger partial charge on any atom is 0.422 e. The Morgan fingerprint density at radius 2 is 0.833 bits per heavy atom. The van der Waals surface area contributed by atoms with Crippen LogP contribution in [-0.2, 0) is 33.3 Å². The van der Waals surface area contributed by atoms with Gasteiger partial charge in [-0.3, -0.25) is 19.6 Å². The minimum Gasteiger partial charge on any atom is -0.386 e. The fraction of sp³-hybridized carbons (Fsp3) is 0.913. The van der Waals surface area contributed by atoms with E-state index in [1.165, 1.54) is 0 Å². The average Bonchev–Trinajstić information content (AvgIpc) is 3.22. The zero-order valence-electron chi connectivity index (χ0n) is 21.2. The van der Waals surface area contributed by atoms with Gasteiger partial charge in [0.2, 0.25) is 0 Å². The fourth-order valence-electron chi connectivity index (χ4n) is 5.36. The lowest BCUT2D eigenvalue weighted by atomic mass is 10.3. The molecule has 0 atom stereocenters. The molecule has 0 unspecified atom stereocenters. The van der Waals surface area contributed by atoms with E-state index in [4.69, 9.17) is 23.7 Å². The van der Waals surface area contributed by atoms with E-state index in [0.717, 1.165) is 78.7 Å². The summed E-state index contributed by atoms with van der Waals surface area (Å²) in [5, 5.41) is 0. The summed E-state index contributed by atoms with van der Waals surface area (Å²) in [6, 6.07) is -1.50. The summed E-state index contributed by atoms with van der Waals surface area (Å²) in [6.07, 6.45) is 0. The standard InChI is InChI=1S/C23H40N6O7/c30-21-22(31)36-23(35-21)28(5-3-25-9-15-33-16-10-25)19-27(2-1-24-7-13-32-14-8-24)20-29(23)6-4-26-11-17-34-18-12-26/h1-20H2. The Bertz CT molecular complexity index is 692. The Hall–Kier alpha value is -1.42. The molecule has 0 aromatic heterocycles. The molecule has 0 aromatic carbocycles. The number of carbonyl (C=O) groups is 2. The monoisotopic (exact) mass is 512 g/mol. The minimum absolute atomic E-state index is 0.545. The van der Waals surface area contributed by atoms with Crippen molar-refractivity contribution in [3.05, 3.63) is 0 Å². The third-order valence-corrected chi connectivity index (χ3v) is 7.57. The van der Waals surface area contributed by atoms with E-state index < -0.39 is 18.0 Å². The molecule has 0 radical (unpaired) electrons. The van der Waals surface area contributed by atoms with Crippen molar-refractivity contribution in [1.82, 2.24) is 29.4 Å². The maximum atomic E-state index is 12.3. The second kappa shape index (κ2) is 12.4. The van der Waals surface area contributed by atoms with Crippen molar-refractivity contribution in [2.75, 3.05) is 132 Å². The summed E-state index contributed by atoms with van der Waals surface area (Å²) < 4.78 is 28.0. The molecule has 204 valence electrons. The van der Waals surface area contributed by atoms with Gasteiger partial charge in [0.15, 0.2) is 0 Å². The quantitative estimate of drug-likeness (QED) is 0.241. The summed E-state index contributed by atoms with van der Waals surface area (Å²) in [6.45, 7) is 15.4. The predicted octanol–water partition coefficient (Wildman–Crippen LogP) is -2.47. The van der Waals surface area contributed by atoms with Gasteiger partial charge in [0, 0.05) is 78.5 Å². The zero-order valence-corrected chi connectivity index (χ0v) is 21.2. The Kier molecular flexibility index (Phi) is 9.04. The van der Waals surface area contributed by atoms with Crippen LogP contribution in [0.15, 0.2) is 0 Å². The molecular weight excluding hydrogens is 472 g/mol. The van der Waals surface area contributed by atoms with E-state index in [0.29, 0.717) is 52.9 Å². The first-order valence-electron chi connectivity index (χ1n) is 13.2. The first kappa shape index (κ1) is 26.2. The third-order valence-electron chi connectivity index (χ3n) is 7.57. The molecule has 5 fully saturated rings. The van der Waals surface area contributed by atoms with Crippen LogP contribution in [0.3, 0.4) is 0 Å². The van der Waals surface area contributed by atoms with Gasteiger partial charge < -0.3 is 23.7 Å². The number of nitrogens with zero attached hydrogens (tertiary/aromatic N) is 6. The highest BCUT2D eigenvalue weighted by molar-refractivity contribution is 6.31. The number of hydrogen-bond donors (Lipinski definition) is 0. The highest BCUT2D eigenvalue weighted by Gasteiger charge is 2.60. The van der Waals surface area contributed by atoms with Crippen LogP contribution in [0, 0.1) is 0 Å². The Balaban J connectivity index is 1.30. The number of rotatable bonds is 9. The van der Waals surface area contributed by atoms with Crippen molar-refractivity contribution in [2.24, 2.45) is 0 Å². The molecule has 5 saturated heterocycles. The molecule has 5 rings (SSSR count). The molecule has 13 nitrogen and oxygen atoms in total. The SMILES string of the molecule is O=C1OC2(OC1=O)N(CCN1CCOCC1)CN(CCN1CCOCC1)CN2CCN1CCOCC1. The average molecular weight is 513 g/mol. The zero-order chi connectivity index (χ0) is 24.8. The number of carbonyl (C=O) groups excluding carboxylic acids is 2. The number of morpholine rings is 3. The summed E-state index contributed by atoms with van der Waals surface area (Å²) in [5.41, 5.74) is 0. The van der Waals surface area contributed by atoms with Crippen LogP contribution in [0.2, 0.25) is 0 Å². The predicted molar refractivity (Wildman–Crippen MR) is 127 cm³/mol. The Labute approximate surface area is 212 Å². The molecule has 5 aliphatic heterocycles. The van der Waals surface area contributed by atoms with Crippen LogP contribution in [0.5, 0.6) is 0 Å². The van der Waals surface area contributed by atoms with Gasteiger partial charge in [0.1, 0.15) is 0 Å². The Morgan fingerprint density at radius 1 is 0.500 bits per heavy atom. The van der Waals surface area contributed by atoms with Gasteiger partial charge in [-0.25, -0.2) is 19.4 Å². The number of ether oxygens (including phenoxy) is 5. The van der Waals surface area contributed by atoms with Crippen LogP contribution in [0.25, 0.3) is 0 Å². The molecule has 0 aliphatic carbocycles. The van der Waals surface area contributed by atoms with Gasteiger partial charge in [-0.2, -0.15) is 0 Å². The van der Waals surface area contributed by atoms with E-state index in [2.05, 4.69) is 19.6 Å². The van der Waals surface area contributed by atoms with E-state index in [1.54, 1.807) is 0 Å². The van der Waals surface area contributed by atoms with Gasteiger partial charge in [-0.15, -0.1) is 0 Å². The van der Waals surface area contributed by atoms with Crippen LogP contribution in [0.1, 0.15) is 0 Å². The van der Waals surface area contributed by atoms with Gasteiger partial charge in [-0.1, -0.05) is 0 Å². The fourth-order valence-corrected chi connectivity index (χ4v) is 5.36. The molecule has 0 saturated carbocycles. The second-order valence-electron chi connectivity index (χ2n) is 9.89. The van der Waals surface area contributed by atoms with Crippen molar-refractivity contribution in [1.29, 1.82) is 0 Å². The van der Waals surface area contributed by atoms with Gasteiger partial charge in [0.25, 0.3) is 0 Å². The molecule has 0 amide bonds. The van der Waals surface area contributed by atoms with Gasteiger partial charge >= 0.3 is 18.0 Å². The summed E-state index contributed by atoms with van der Waals surface area (Å²) in [4.78, 5) is 38.1. The van der Waals surface area contributed by atoms with E-state index >= 15 is 0 Å². The molecular formula is C23H40N6O7. The van der Waals surface area contributed by atoms with E-state index in [-0.39, 0.29) is 0 Å². The van der Waals surface area contributed by atoms with E-state index in [1.807, 2.05) is 9.80 Å². The van der Waals surface area contributed by atoms with Crippen LogP contribution in [-0.4, -0.2) is 179 Å². The summed E-state index contributed by atoms with van der Waals surface area (Å²) >= 11 is 0. The van der Waals surface area contributed by atoms with Crippen molar-refractivity contribution < 1.29 is 33.3 Å². The van der Waals surface area contributed by atoms with Crippen molar-refractivity contribution >= 4 is 11.9 Å². The lowest BCUT2D eigenvalue weighted by Crippen LogP contribution is -2.72. The van der Waals surface area contributed by atoms with E-state index in [9.17, 15) is 9.59 Å². The number of esters is 2. The summed E-state index contributed by atoms with van der Waals surface area (Å²) in [7, 11) is 0. The molecule has 13 heteroatoms. The number of hydrogen-bond acceptors (Lipinski definition) is 13. The van der Waals surface area contributed by atoms with Crippen LogP contribution < -0.4 is 0 Å². The second-order valence-corrected chi connectivity index (χ2v) is 9.89. The molecule has 5 heterocycles. The minimum atomic E-state index is -1.50. The third kappa shape index (κ3) is 6.34. The van der Waals surface area contributed by atoms with Gasteiger partial charge in [0.05, 0.1) is 53.0 Å². The van der Waals surface area contributed by atoms with Crippen molar-refractivity contribution in [3.8, 4) is 0 Å². The molecule has 1 spiro atoms. The molecule has 0 aromatic rings. The normalized spacial score (nSPS) is 28.0. The largest absolute Gasteiger partial charge is 0.422 e. The maximum absolute atomic E-state index is 12.3. The summed E-state index contributed by atoms with van der Waals surface area (Å²) in [5.74, 6) is -1.85. The van der Waals surface area contributed by atoms with Gasteiger partial charge in [-0.05, 0) is 0 Å². The molecule has 0 N–H and O–H groups in total. The molecule has 5 aliphatic rings. The molecule has 36 heavy (non-hydrogen) atoms. The Morgan fingerprint density at radius 3 is 1.22 bits per heavy atom. The smallest absolute Gasteiger partial charge is 0.386 e. The highest BCUT2D eigenvalue weighted by atomic mass is 16.8. The van der Waals surface area contributed by atoms with Crippen molar-refractivity contribution in [2.45, 2.75) is 6.03 Å². The van der Waals surface area contributed by atoms with Crippen LogP contribution in [0.4, 0.5) is 0 Å². The first-order chi connectivity index (χ1) is 17.6.